The molecule has 1 unspecified atom stereocenters. The third-order valence-electron chi connectivity index (χ3n) is 6.69. The second-order valence-corrected chi connectivity index (χ2v) is 10.9. The van der Waals surface area contributed by atoms with E-state index in [2.05, 4.69) is 16.0 Å². The molecule has 9 heteroatoms. The first-order valence-electron chi connectivity index (χ1n) is 13.4. The summed E-state index contributed by atoms with van der Waals surface area (Å²) in [7, 11) is 1.60. The van der Waals surface area contributed by atoms with Crippen LogP contribution in [0.2, 0.25) is 0 Å². The SMILES string of the molecule is COCCNCC(O)CNC(=O)[C@@H](Cc1ccc2ccccc2c1)N(C(=O)[C@@H]1CCCN1)C(=O)C(C)(C)C. The minimum atomic E-state index is -1.06. The highest BCUT2D eigenvalue weighted by Gasteiger charge is 2.42. The zero-order valence-corrected chi connectivity index (χ0v) is 23.0. The van der Waals surface area contributed by atoms with E-state index in [1.807, 2.05) is 42.5 Å². The van der Waals surface area contributed by atoms with Crippen LogP contribution in [0.5, 0.6) is 0 Å². The van der Waals surface area contributed by atoms with Gasteiger partial charge in [0, 0.05) is 38.6 Å². The Hall–Kier alpha value is -2.85. The Kier molecular flexibility index (Phi) is 10.8. The van der Waals surface area contributed by atoms with Crippen molar-refractivity contribution in [2.24, 2.45) is 5.41 Å². The van der Waals surface area contributed by atoms with E-state index in [1.54, 1.807) is 27.9 Å². The maximum absolute atomic E-state index is 13.7. The van der Waals surface area contributed by atoms with Crippen molar-refractivity contribution in [3.63, 3.8) is 0 Å². The lowest BCUT2D eigenvalue weighted by Crippen LogP contribution is -2.60. The Bertz CT molecular complexity index is 1090. The van der Waals surface area contributed by atoms with Crippen molar-refractivity contribution in [3.8, 4) is 0 Å². The van der Waals surface area contributed by atoms with E-state index in [0.29, 0.717) is 26.1 Å². The Morgan fingerprint density at radius 2 is 1.87 bits per heavy atom. The van der Waals surface area contributed by atoms with Gasteiger partial charge in [-0.3, -0.25) is 19.3 Å². The standard InChI is InChI=1S/C29H42N4O5/c1-29(2,3)28(37)33(27(36)24-10-7-13-31-24)25(26(35)32-19-23(34)18-30-14-15-38-4)17-20-11-12-21-8-5-6-9-22(21)16-20/h5-6,8-9,11-12,16,23-25,30-31,34H,7,10,13-15,17-19H2,1-4H3,(H,32,35)/t23?,24-,25+/m0/s1. The molecular weight excluding hydrogens is 484 g/mol. The molecule has 2 aromatic carbocycles. The number of rotatable bonds is 12. The summed E-state index contributed by atoms with van der Waals surface area (Å²) in [5.41, 5.74) is -0.0365. The number of aliphatic hydroxyl groups excluding tert-OH is 1. The number of benzene rings is 2. The van der Waals surface area contributed by atoms with Crippen molar-refractivity contribution in [3.05, 3.63) is 48.0 Å². The maximum Gasteiger partial charge on any atom is 0.247 e. The number of nitrogens with one attached hydrogen (secondary N) is 3. The van der Waals surface area contributed by atoms with E-state index in [1.165, 1.54) is 0 Å². The van der Waals surface area contributed by atoms with Crippen LogP contribution in [0.25, 0.3) is 10.8 Å². The maximum atomic E-state index is 13.7. The quantitative estimate of drug-likeness (QED) is 0.310. The number of hydrogen-bond donors (Lipinski definition) is 4. The van der Waals surface area contributed by atoms with Crippen LogP contribution in [-0.2, 0) is 25.5 Å². The molecule has 9 nitrogen and oxygen atoms in total. The summed E-state index contributed by atoms with van der Waals surface area (Å²) in [6.45, 7) is 7.28. The van der Waals surface area contributed by atoms with Gasteiger partial charge in [0.2, 0.25) is 17.7 Å². The molecule has 38 heavy (non-hydrogen) atoms. The highest BCUT2D eigenvalue weighted by molar-refractivity contribution is 6.04. The van der Waals surface area contributed by atoms with Gasteiger partial charge in [0.25, 0.3) is 0 Å². The van der Waals surface area contributed by atoms with E-state index in [9.17, 15) is 19.5 Å². The normalized spacial score (nSPS) is 17.2. The largest absolute Gasteiger partial charge is 0.390 e. The number of carbonyl (C=O) groups is 3. The van der Waals surface area contributed by atoms with Crippen LogP contribution < -0.4 is 16.0 Å². The van der Waals surface area contributed by atoms with Crippen LogP contribution >= 0.6 is 0 Å². The lowest BCUT2D eigenvalue weighted by Gasteiger charge is -2.35. The zero-order chi connectivity index (χ0) is 27.7. The fraction of sp³-hybridized carbons (Fsp3) is 0.552. The van der Waals surface area contributed by atoms with Crippen LogP contribution in [0.15, 0.2) is 42.5 Å². The molecule has 3 atom stereocenters. The van der Waals surface area contributed by atoms with Crippen LogP contribution in [0.3, 0.4) is 0 Å². The number of fused-ring (bicyclic) bond motifs is 1. The molecule has 1 saturated heterocycles. The van der Waals surface area contributed by atoms with E-state index in [-0.39, 0.29) is 25.4 Å². The molecule has 0 bridgehead atoms. The molecular formula is C29H42N4O5. The van der Waals surface area contributed by atoms with Crippen LogP contribution in [0.4, 0.5) is 0 Å². The zero-order valence-electron chi connectivity index (χ0n) is 23.0. The Morgan fingerprint density at radius 1 is 1.13 bits per heavy atom. The van der Waals surface area contributed by atoms with Crippen LogP contribution in [0.1, 0.15) is 39.2 Å². The first-order valence-corrected chi connectivity index (χ1v) is 13.4. The molecule has 3 amide bonds. The number of hydrogen-bond acceptors (Lipinski definition) is 7. The van der Waals surface area contributed by atoms with Crippen molar-refractivity contribution in [1.82, 2.24) is 20.9 Å². The molecule has 0 aliphatic carbocycles. The summed E-state index contributed by atoms with van der Waals surface area (Å²) in [6.07, 6.45) is 0.774. The van der Waals surface area contributed by atoms with Gasteiger partial charge in [-0.2, -0.15) is 0 Å². The highest BCUT2D eigenvalue weighted by Crippen LogP contribution is 2.25. The average molecular weight is 527 g/mol. The Morgan fingerprint density at radius 3 is 2.53 bits per heavy atom. The number of amides is 3. The van der Waals surface area contributed by atoms with Gasteiger partial charge in [0.05, 0.1) is 18.8 Å². The van der Waals surface area contributed by atoms with Gasteiger partial charge in [-0.05, 0) is 35.7 Å². The number of carbonyl (C=O) groups excluding carboxylic acids is 3. The molecule has 0 aromatic heterocycles. The Labute approximate surface area is 225 Å². The summed E-state index contributed by atoms with van der Waals surface area (Å²) in [4.78, 5) is 42.2. The molecule has 0 saturated carbocycles. The lowest BCUT2D eigenvalue weighted by atomic mass is 9.91. The second-order valence-electron chi connectivity index (χ2n) is 10.9. The first-order chi connectivity index (χ1) is 18.1. The summed E-state index contributed by atoms with van der Waals surface area (Å²) in [5.74, 6) is -1.26. The molecule has 2 aromatic rings. The number of ether oxygens (including phenoxy) is 1. The molecule has 1 heterocycles. The van der Waals surface area contributed by atoms with Crippen molar-refractivity contribution < 1.29 is 24.2 Å². The fourth-order valence-corrected chi connectivity index (χ4v) is 4.56. The third kappa shape index (κ3) is 8.07. The molecule has 3 rings (SSSR count). The number of nitrogens with zero attached hydrogens (tertiary/aromatic N) is 1. The number of imide groups is 1. The minimum absolute atomic E-state index is 0.0134. The van der Waals surface area contributed by atoms with Crippen molar-refractivity contribution in [1.29, 1.82) is 0 Å². The Balaban J connectivity index is 1.89. The minimum Gasteiger partial charge on any atom is -0.390 e. The molecule has 1 aliphatic rings. The van der Waals surface area contributed by atoms with Gasteiger partial charge in [-0.15, -0.1) is 0 Å². The molecule has 0 radical (unpaired) electrons. The summed E-state index contributed by atoms with van der Waals surface area (Å²) < 4.78 is 4.99. The molecule has 1 aliphatic heterocycles. The smallest absolute Gasteiger partial charge is 0.247 e. The van der Waals surface area contributed by atoms with Crippen molar-refractivity contribution >= 4 is 28.5 Å². The summed E-state index contributed by atoms with van der Waals surface area (Å²) >= 11 is 0. The van der Waals surface area contributed by atoms with Gasteiger partial charge in [0.1, 0.15) is 6.04 Å². The monoisotopic (exact) mass is 526 g/mol. The summed E-state index contributed by atoms with van der Waals surface area (Å²) in [6, 6.07) is 12.2. The van der Waals surface area contributed by atoms with Crippen molar-refractivity contribution in [2.75, 3.05) is 39.9 Å². The topological polar surface area (TPSA) is 120 Å². The predicted octanol–water partition coefficient (Wildman–Crippen LogP) is 1.62. The molecule has 0 spiro atoms. The van der Waals surface area contributed by atoms with E-state index in [0.717, 1.165) is 27.7 Å². The molecule has 4 N–H and O–H groups in total. The van der Waals surface area contributed by atoms with Crippen LogP contribution in [0, 0.1) is 5.41 Å². The van der Waals surface area contributed by atoms with Gasteiger partial charge >= 0.3 is 0 Å². The van der Waals surface area contributed by atoms with Crippen molar-refractivity contribution in [2.45, 2.75) is 58.2 Å². The highest BCUT2D eigenvalue weighted by atomic mass is 16.5. The van der Waals surface area contributed by atoms with Gasteiger partial charge in [-0.25, -0.2) is 0 Å². The number of aliphatic hydroxyl groups is 1. The van der Waals surface area contributed by atoms with Gasteiger partial charge in [-0.1, -0.05) is 63.2 Å². The van der Waals surface area contributed by atoms with Gasteiger partial charge in [0.15, 0.2) is 0 Å². The first kappa shape index (κ1) is 29.7. The molecule has 1 fully saturated rings. The van der Waals surface area contributed by atoms with Crippen LogP contribution in [-0.4, -0.2) is 85.8 Å². The molecule has 208 valence electrons. The van der Waals surface area contributed by atoms with E-state index >= 15 is 0 Å². The average Bonchev–Trinajstić information content (AvgIpc) is 3.44. The van der Waals surface area contributed by atoms with E-state index < -0.39 is 35.4 Å². The second kappa shape index (κ2) is 13.8. The lowest BCUT2D eigenvalue weighted by molar-refractivity contribution is -0.157. The number of methoxy groups -OCH3 is 1. The predicted molar refractivity (Wildman–Crippen MR) is 148 cm³/mol. The fourth-order valence-electron chi connectivity index (χ4n) is 4.56. The third-order valence-corrected chi connectivity index (χ3v) is 6.69. The van der Waals surface area contributed by atoms with E-state index in [4.69, 9.17) is 4.74 Å². The van der Waals surface area contributed by atoms with Gasteiger partial charge < -0.3 is 25.8 Å². The summed E-state index contributed by atoms with van der Waals surface area (Å²) in [5, 5.41) is 21.5.